The van der Waals surface area contributed by atoms with Crippen molar-refractivity contribution in [3.63, 3.8) is 0 Å². The Morgan fingerprint density at radius 3 is 1.86 bits per heavy atom. The van der Waals surface area contributed by atoms with Gasteiger partial charge in [-0.25, -0.2) is 23.6 Å². The molecule has 0 bridgehead atoms. The molecule has 78 heavy (non-hydrogen) atoms. The number of anilines is 1. The highest BCUT2D eigenvalue weighted by atomic mass is 35.5. The molecule has 4 aromatic carbocycles. The largest absolute Gasteiger partial charge is 0.493 e. The van der Waals surface area contributed by atoms with Crippen molar-refractivity contribution < 1.29 is 97.0 Å². The molecule has 0 aromatic heterocycles. The Hall–Kier alpha value is -8.03. The van der Waals surface area contributed by atoms with Crippen LogP contribution < -0.4 is 30.0 Å². The number of rotatable bonds is 23. The number of carbonyl (C=O) groups excluding carboxylic acids is 2. The van der Waals surface area contributed by atoms with Crippen molar-refractivity contribution in [1.29, 1.82) is 0 Å². The monoisotopic (exact) mass is 1120 g/mol. The Balaban J connectivity index is 0.000000394. The third-order valence-electron chi connectivity index (χ3n) is 11.4. The number of ether oxygens (including phenoxy) is 6. The minimum Gasteiger partial charge on any atom is -0.493 e. The molecule has 4 aromatic rings. The maximum Gasteiger partial charge on any atom is 0.338 e. The van der Waals surface area contributed by atoms with Crippen molar-refractivity contribution in [3.05, 3.63) is 124 Å². The van der Waals surface area contributed by atoms with E-state index < -0.39 is 59.8 Å². The second kappa shape index (κ2) is 32.5. The number of methoxy groups -OCH3 is 3. The average Bonchev–Trinajstić information content (AvgIpc) is 3.40. The van der Waals surface area contributed by atoms with E-state index in [4.69, 9.17) is 76.4 Å². The van der Waals surface area contributed by atoms with Crippen LogP contribution in [0.15, 0.2) is 91.0 Å². The first-order valence-corrected chi connectivity index (χ1v) is 24.0. The highest BCUT2D eigenvalue weighted by molar-refractivity contribution is 6.33. The Labute approximate surface area is 454 Å². The standard InChI is InChI=1S/C22H29NO5.C21H25ClFN3O3.C6H8O7.C4H4O4/c1-7-22(23(2)3,17-11-9-8-10-12-17)15-28-21(24)16-13-18(25-4)20(27-6)19(14-16)26-5;1-2-28-20-10-19(24)18(22)9-17(20)21(27)25-11-16-13-26(7-8-29-16)12-14-3-5-15(23)6-4-14;7-3(8)1-6(13,5(11)12)2-4(9)10;5-3(6)1-2-4(7)8/h8-14H,7,15H2,1-6H3;3-6,9-10,16H,2,7-8,11-13,24H2,1H3,(H,25,27);13H,1-2H2,(H,7,8)(H,9,10)(H,11,12);1-2H,(H,5,6)(H,7,8)/b;;;2-1-. The minimum atomic E-state index is -2.74. The number of amides is 1. The van der Waals surface area contributed by atoms with Gasteiger partial charge in [-0.3, -0.25) is 24.2 Å². The molecule has 1 saturated heterocycles. The summed E-state index contributed by atoms with van der Waals surface area (Å²) in [7, 11) is 8.52. The van der Waals surface area contributed by atoms with Gasteiger partial charge in [0, 0.05) is 44.4 Å². The lowest BCUT2D eigenvalue weighted by Gasteiger charge is -2.39. The quantitative estimate of drug-likeness (QED) is 0.0266. The lowest BCUT2D eigenvalue weighted by Crippen LogP contribution is -2.47. The summed E-state index contributed by atoms with van der Waals surface area (Å²) in [5, 5.41) is 52.6. The fraction of sp³-hybridized carbons (Fsp3) is 0.377. The summed E-state index contributed by atoms with van der Waals surface area (Å²) in [6.45, 7) is 7.62. The van der Waals surface area contributed by atoms with Crippen molar-refractivity contribution in [3.8, 4) is 23.0 Å². The molecular formula is C53H66ClFN4O19. The number of morpholine rings is 1. The Kier molecular flexibility index (Phi) is 27.6. The summed E-state index contributed by atoms with van der Waals surface area (Å²) in [5.41, 5.74) is 5.82. The van der Waals surface area contributed by atoms with Gasteiger partial charge in [0.05, 0.1) is 80.9 Å². The van der Waals surface area contributed by atoms with Crippen LogP contribution in [0.5, 0.6) is 23.0 Å². The number of aliphatic hydroxyl groups is 1. The Morgan fingerprint density at radius 1 is 0.833 bits per heavy atom. The van der Waals surface area contributed by atoms with Crippen LogP contribution in [0.2, 0.25) is 5.02 Å². The fourth-order valence-corrected chi connectivity index (χ4v) is 7.55. The normalized spacial score (nSPS) is 13.8. The smallest absolute Gasteiger partial charge is 0.338 e. The molecule has 1 fully saturated rings. The van der Waals surface area contributed by atoms with Crippen LogP contribution in [0.4, 0.5) is 10.1 Å². The molecule has 1 amide bonds. The number of carboxylic acid groups (broad SMARTS) is 5. The zero-order valence-electron chi connectivity index (χ0n) is 44.0. The summed E-state index contributed by atoms with van der Waals surface area (Å²) in [6.07, 6.45) is -0.534. The number of benzene rings is 4. The maximum atomic E-state index is 13.1. The van der Waals surface area contributed by atoms with Crippen LogP contribution in [0.1, 0.15) is 65.0 Å². The van der Waals surface area contributed by atoms with Crippen LogP contribution >= 0.6 is 11.6 Å². The first-order chi connectivity index (χ1) is 36.8. The number of nitrogens with one attached hydrogen (secondary N) is 1. The molecule has 5 rings (SSSR count). The first kappa shape index (κ1) is 66.1. The van der Waals surface area contributed by atoms with Gasteiger partial charge in [-0.15, -0.1) is 0 Å². The van der Waals surface area contributed by atoms with Crippen molar-refractivity contribution >= 4 is 59.0 Å². The maximum absolute atomic E-state index is 13.1. The molecular weight excluding hydrogens is 1050 g/mol. The molecule has 2 unspecified atom stereocenters. The van der Waals surface area contributed by atoms with Gasteiger partial charge >= 0.3 is 35.8 Å². The van der Waals surface area contributed by atoms with Gasteiger partial charge < -0.3 is 70.1 Å². The lowest BCUT2D eigenvalue weighted by atomic mass is 9.87. The number of halogens is 2. The number of nitrogen functional groups attached to an aromatic ring is 1. The van der Waals surface area contributed by atoms with Gasteiger partial charge in [-0.2, -0.15) is 0 Å². The zero-order valence-corrected chi connectivity index (χ0v) is 44.8. The molecule has 426 valence electrons. The number of carbonyl (C=O) groups is 7. The van der Waals surface area contributed by atoms with E-state index in [1.165, 1.54) is 39.5 Å². The fourth-order valence-electron chi connectivity index (χ4n) is 7.38. The summed E-state index contributed by atoms with van der Waals surface area (Å²) in [6, 6.07) is 22.8. The predicted molar refractivity (Wildman–Crippen MR) is 281 cm³/mol. The molecule has 23 nitrogen and oxygen atoms in total. The van der Waals surface area contributed by atoms with E-state index in [0.29, 0.717) is 89.8 Å². The van der Waals surface area contributed by atoms with E-state index >= 15 is 0 Å². The number of hydrogen-bond acceptors (Lipinski definition) is 17. The SMILES string of the molecule is CCC(COC(=O)c1cc(OC)c(OC)c(OC)c1)(c1ccccc1)N(C)C.CCOc1cc(N)c(Cl)cc1C(=O)NCC1CN(Cc2ccc(F)cc2)CCO1.O=C(O)/C=C\C(=O)O.O=C(O)CC(O)(CC(=O)O)C(=O)O. The van der Waals surface area contributed by atoms with E-state index in [9.17, 15) is 38.0 Å². The van der Waals surface area contributed by atoms with Crippen LogP contribution in [-0.2, 0) is 45.5 Å². The average molecular weight is 1120 g/mol. The number of aliphatic carboxylic acids is 5. The van der Waals surface area contributed by atoms with Gasteiger partial charge in [0.25, 0.3) is 5.91 Å². The van der Waals surface area contributed by atoms with Gasteiger partial charge in [0.1, 0.15) is 18.2 Å². The van der Waals surface area contributed by atoms with E-state index in [1.54, 1.807) is 30.3 Å². The van der Waals surface area contributed by atoms with E-state index in [0.717, 1.165) is 24.1 Å². The summed E-state index contributed by atoms with van der Waals surface area (Å²) < 4.78 is 46.0. The van der Waals surface area contributed by atoms with Crippen molar-refractivity contribution in [1.82, 2.24) is 15.1 Å². The summed E-state index contributed by atoms with van der Waals surface area (Å²) in [5.74, 6) is -6.88. The molecule has 25 heteroatoms. The first-order valence-electron chi connectivity index (χ1n) is 23.6. The number of carboxylic acids is 5. The number of likely N-dealkylation sites (N-methyl/N-ethyl adjacent to an activating group) is 1. The molecule has 9 N–H and O–H groups in total. The van der Waals surface area contributed by atoms with Crippen molar-refractivity contribution in [2.24, 2.45) is 0 Å². The second-order valence-corrected chi connectivity index (χ2v) is 17.4. The molecule has 1 aliphatic heterocycles. The predicted octanol–water partition coefficient (Wildman–Crippen LogP) is 5.29. The van der Waals surface area contributed by atoms with Crippen LogP contribution in [0, 0.1) is 5.82 Å². The molecule has 0 saturated carbocycles. The highest BCUT2D eigenvalue weighted by Gasteiger charge is 2.41. The van der Waals surface area contributed by atoms with Gasteiger partial charge in [-0.05, 0) is 68.9 Å². The number of esters is 1. The van der Waals surface area contributed by atoms with Crippen molar-refractivity contribution in [2.75, 3.05) is 80.6 Å². The van der Waals surface area contributed by atoms with E-state index in [2.05, 4.69) is 34.2 Å². The minimum absolute atomic E-state index is 0.145. The third-order valence-corrected chi connectivity index (χ3v) is 11.8. The molecule has 0 spiro atoms. The number of nitrogens with zero attached hydrogens (tertiary/aromatic N) is 2. The third kappa shape index (κ3) is 21.2. The Morgan fingerprint density at radius 2 is 1.40 bits per heavy atom. The van der Waals surface area contributed by atoms with Gasteiger partial charge in [0.2, 0.25) is 5.75 Å². The lowest BCUT2D eigenvalue weighted by molar-refractivity contribution is -0.170. The number of nitrogens with two attached hydrogens (primary N) is 1. The molecule has 0 radical (unpaired) electrons. The van der Waals surface area contributed by atoms with Gasteiger partial charge in [0.15, 0.2) is 17.1 Å². The molecule has 0 aliphatic carbocycles. The zero-order chi connectivity index (χ0) is 58.8. The number of hydrogen-bond donors (Lipinski definition) is 8. The van der Waals surface area contributed by atoms with E-state index in [-0.39, 0.29) is 24.4 Å². The summed E-state index contributed by atoms with van der Waals surface area (Å²) >= 11 is 6.07. The second-order valence-electron chi connectivity index (χ2n) is 17.0. The summed E-state index contributed by atoms with van der Waals surface area (Å²) in [4.78, 5) is 79.4. The van der Waals surface area contributed by atoms with Gasteiger partial charge in [-0.1, -0.05) is 61.0 Å². The molecule has 1 heterocycles. The van der Waals surface area contributed by atoms with E-state index in [1.807, 2.05) is 39.2 Å². The molecule has 2 atom stereocenters. The highest BCUT2D eigenvalue weighted by Crippen LogP contribution is 2.39. The van der Waals surface area contributed by atoms with Crippen molar-refractivity contribution in [2.45, 2.75) is 56.9 Å². The molecule has 1 aliphatic rings. The van der Waals surface area contributed by atoms with Crippen LogP contribution in [-0.4, -0.2) is 169 Å². The van der Waals surface area contributed by atoms with Crippen LogP contribution in [0.25, 0.3) is 0 Å². The topological polar surface area (TPSA) is 341 Å². The van der Waals surface area contributed by atoms with Crippen LogP contribution in [0.3, 0.4) is 0 Å². The Bertz CT molecular complexity index is 2620.